The third-order valence-corrected chi connectivity index (χ3v) is 2.16. The lowest BCUT2D eigenvalue weighted by Crippen LogP contribution is -2.30. The van der Waals surface area contributed by atoms with Gasteiger partial charge in [0.25, 0.3) is 0 Å². The summed E-state index contributed by atoms with van der Waals surface area (Å²) in [7, 11) is 1.99. The maximum absolute atomic E-state index is 4.28. The highest BCUT2D eigenvalue weighted by atomic mass is 32.1. The van der Waals surface area contributed by atoms with Crippen LogP contribution in [0.4, 0.5) is 0 Å². The van der Waals surface area contributed by atoms with E-state index in [1.807, 2.05) is 11.6 Å². The minimum Gasteiger partial charge on any atom is -0.196 e. The first-order valence-corrected chi connectivity index (χ1v) is 3.72. The van der Waals surface area contributed by atoms with Crippen molar-refractivity contribution in [2.45, 2.75) is 18.9 Å². The summed E-state index contributed by atoms with van der Waals surface area (Å²) < 4.78 is 2.01. The molecule has 0 saturated heterocycles. The summed E-state index contributed by atoms with van der Waals surface area (Å²) in [6, 6.07) is 2.07. The maximum atomic E-state index is 4.28. The molecule has 0 aromatic carbocycles. The highest BCUT2D eigenvalue weighted by Crippen LogP contribution is 2.06. The van der Waals surface area contributed by atoms with Crippen molar-refractivity contribution in [3.8, 4) is 0 Å². The van der Waals surface area contributed by atoms with Crippen molar-refractivity contribution in [3.63, 3.8) is 0 Å². The molecule has 1 nitrogen and oxygen atoms in total. The average Bonchev–Trinajstić information content (AvgIpc) is 1.84. The quantitative estimate of drug-likeness (QED) is 0.425. The number of pyridine rings is 1. The first kappa shape index (κ1) is 7.61. The highest BCUT2D eigenvalue weighted by molar-refractivity contribution is 7.80. The van der Waals surface area contributed by atoms with Gasteiger partial charge < -0.3 is 0 Å². The van der Waals surface area contributed by atoms with Crippen molar-refractivity contribution < 1.29 is 4.57 Å². The topological polar surface area (TPSA) is 3.88 Å². The van der Waals surface area contributed by atoms with Gasteiger partial charge in [0.15, 0.2) is 6.20 Å². The van der Waals surface area contributed by atoms with Crippen LogP contribution in [0.3, 0.4) is 0 Å². The molecule has 1 heterocycles. The van der Waals surface area contributed by atoms with Crippen LogP contribution in [0.1, 0.15) is 11.1 Å². The largest absolute Gasteiger partial charge is 0.236 e. The van der Waals surface area contributed by atoms with Crippen LogP contribution in [0.2, 0.25) is 0 Å². The molecule has 0 saturated carbocycles. The summed E-state index contributed by atoms with van der Waals surface area (Å²) in [5, 5.41) is 1.00. The van der Waals surface area contributed by atoms with E-state index in [2.05, 4.69) is 38.7 Å². The summed E-state index contributed by atoms with van der Waals surface area (Å²) in [5.41, 5.74) is 2.60. The van der Waals surface area contributed by atoms with E-state index >= 15 is 0 Å². The van der Waals surface area contributed by atoms with E-state index in [0.717, 1.165) is 5.03 Å². The molecule has 0 radical (unpaired) electrons. The van der Waals surface area contributed by atoms with E-state index < -0.39 is 0 Å². The predicted octanol–water partition coefficient (Wildman–Crippen LogP) is 1.42. The molecule has 0 aliphatic carbocycles. The number of thiol groups is 1. The average molecular weight is 154 g/mol. The van der Waals surface area contributed by atoms with Gasteiger partial charge in [-0.25, -0.2) is 0 Å². The molecule has 54 valence electrons. The fourth-order valence-corrected chi connectivity index (χ4v) is 1.12. The number of hydrogen-bond acceptors (Lipinski definition) is 1. The third kappa shape index (κ3) is 1.32. The molecule has 0 aliphatic heterocycles. The van der Waals surface area contributed by atoms with Gasteiger partial charge in [0, 0.05) is 11.6 Å². The van der Waals surface area contributed by atoms with Crippen LogP contribution >= 0.6 is 12.6 Å². The maximum Gasteiger partial charge on any atom is 0.236 e. The summed E-state index contributed by atoms with van der Waals surface area (Å²) in [4.78, 5) is 0. The van der Waals surface area contributed by atoms with Gasteiger partial charge in [0.2, 0.25) is 5.03 Å². The Balaban J connectivity index is 3.28. The monoisotopic (exact) mass is 154 g/mol. The smallest absolute Gasteiger partial charge is 0.196 e. The molecule has 0 aliphatic rings. The number of nitrogens with zero attached hydrogens (tertiary/aromatic N) is 1. The van der Waals surface area contributed by atoms with E-state index in [0.29, 0.717) is 0 Å². The zero-order valence-electron chi connectivity index (χ0n) is 6.55. The molecule has 0 amide bonds. The van der Waals surface area contributed by atoms with Crippen molar-refractivity contribution in [1.29, 1.82) is 0 Å². The third-order valence-electron chi connectivity index (χ3n) is 1.72. The van der Waals surface area contributed by atoms with Gasteiger partial charge >= 0.3 is 0 Å². The summed E-state index contributed by atoms with van der Waals surface area (Å²) in [5.74, 6) is 0. The Bertz CT molecular complexity index is 205. The molecule has 0 atom stereocenters. The molecular weight excluding hydrogens is 142 g/mol. The number of aryl methyl sites for hydroxylation is 3. The molecule has 0 bridgehead atoms. The van der Waals surface area contributed by atoms with E-state index in [9.17, 15) is 0 Å². The van der Waals surface area contributed by atoms with Crippen molar-refractivity contribution in [2.75, 3.05) is 0 Å². The fraction of sp³-hybridized carbons (Fsp3) is 0.375. The zero-order chi connectivity index (χ0) is 7.72. The molecule has 1 aromatic rings. The molecule has 10 heavy (non-hydrogen) atoms. The lowest BCUT2D eigenvalue weighted by atomic mass is 10.2. The van der Waals surface area contributed by atoms with Crippen LogP contribution in [0.15, 0.2) is 17.3 Å². The summed E-state index contributed by atoms with van der Waals surface area (Å²) in [6.45, 7) is 4.19. The normalized spacial score (nSPS) is 10.0. The van der Waals surface area contributed by atoms with Crippen molar-refractivity contribution in [1.82, 2.24) is 0 Å². The zero-order valence-corrected chi connectivity index (χ0v) is 7.44. The molecule has 0 unspecified atom stereocenters. The van der Waals surface area contributed by atoms with Crippen LogP contribution in [0.25, 0.3) is 0 Å². The SMILES string of the molecule is Cc1cc(S)[n+](C)cc1C. The molecule has 0 fully saturated rings. The summed E-state index contributed by atoms with van der Waals surface area (Å²) >= 11 is 4.28. The van der Waals surface area contributed by atoms with Gasteiger partial charge in [-0.15, -0.1) is 0 Å². The van der Waals surface area contributed by atoms with Gasteiger partial charge in [-0.2, -0.15) is 4.57 Å². The van der Waals surface area contributed by atoms with Gasteiger partial charge in [0.1, 0.15) is 7.05 Å². The van der Waals surface area contributed by atoms with Gasteiger partial charge in [-0.05, 0) is 19.4 Å². The Morgan fingerprint density at radius 2 is 1.90 bits per heavy atom. The van der Waals surface area contributed by atoms with Crippen molar-refractivity contribution in [3.05, 3.63) is 23.4 Å². The molecule has 1 aromatic heterocycles. The second-order valence-corrected chi connectivity index (χ2v) is 3.07. The molecule has 2 heteroatoms. The first-order valence-electron chi connectivity index (χ1n) is 3.27. The second kappa shape index (κ2) is 2.62. The van der Waals surface area contributed by atoms with Crippen LogP contribution in [-0.4, -0.2) is 0 Å². The Labute approximate surface area is 67.1 Å². The van der Waals surface area contributed by atoms with Crippen LogP contribution < -0.4 is 4.57 Å². The molecule has 0 N–H and O–H groups in total. The number of rotatable bonds is 0. The van der Waals surface area contributed by atoms with E-state index in [-0.39, 0.29) is 0 Å². The first-order chi connectivity index (χ1) is 4.61. The Kier molecular flexibility index (Phi) is 2.00. The number of hydrogen-bond donors (Lipinski definition) is 1. The standard InChI is InChI=1S/C8H11NS/c1-6-4-8(10)9(3)5-7(6)2/h4-5H,1-3H3/p+1. The Hall–Kier alpha value is -0.500. The van der Waals surface area contributed by atoms with Crippen LogP contribution in [-0.2, 0) is 7.05 Å². The minimum absolute atomic E-state index is 1.00. The van der Waals surface area contributed by atoms with Gasteiger partial charge in [-0.1, -0.05) is 12.6 Å². The molecule has 0 spiro atoms. The Morgan fingerprint density at radius 1 is 1.30 bits per heavy atom. The molecular formula is C8H12NS+. The van der Waals surface area contributed by atoms with Crippen molar-refractivity contribution in [2.24, 2.45) is 7.05 Å². The van der Waals surface area contributed by atoms with Crippen molar-refractivity contribution >= 4 is 12.6 Å². The van der Waals surface area contributed by atoms with E-state index in [1.54, 1.807) is 0 Å². The lowest BCUT2D eigenvalue weighted by molar-refractivity contribution is -0.708. The highest BCUT2D eigenvalue weighted by Gasteiger charge is 2.03. The Morgan fingerprint density at radius 3 is 2.40 bits per heavy atom. The lowest BCUT2D eigenvalue weighted by Gasteiger charge is -1.97. The van der Waals surface area contributed by atoms with Crippen LogP contribution in [0, 0.1) is 13.8 Å². The van der Waals surface area contributed by atoms with Crippen LogP contribution in [0.5, 0.6) is 0 Å². The second-order valence-electron chi connectivity index (χ2n) is 2.61. The van der Waals surface area contributed by atoms with E-state index in [1.165, 1.54) is 11.1 Å². The minimum atomic E-state index is 1.00. The molecule has 1 rings (SSSR count). The van der Waals surface area contributed by atoms with Gasteiger partial charge in [-0.3, -0.25) is 0 Å². The van der Waals surface area contributed by atoms with Gasteiger partial charge in [0.05, 0.1) is 0 Å². The fourth-order valence-electron chi connectivity index (χ4n) is 0.868. The summed E-state index contributed by atoms with van der Waals surface area (Å²) in [6.07, 6.45) is 2.08. The predicted molar refractivity (Wildman–Crippen MR) is 44.3 cm³/mol. The number of aromatic nitrogens is 1. The van der Waals surface area contributed by atoms with E-state index in [4.69, 9.17) is 0 Å².